The molecule has 2 aromatic rings. The molecule has 2 aromatic heterocycles. The number of aromatic nitrogens is 2. The van der Waals surface area contributed by atoms with Crippen LogP contribution in [0, 0.1) is 6.92 Å². The maximum Gasteiger partial charge on any atom is 0.156 e. The Morgan fingerprint density at radius 3 is 2.84 bits per heavy atom. The predicted octanol–water partition coefficient (Wildman–Crippen LogP) is 4.06. The van der Waals surface area contributed by atoms with Crippen LogP contribution in [0.25, 0.3) is 0 Å². The predicted molar refractivity (Wildman–Crippen MR) is 81.9 cm³/mol. The lowest BCUT2D eigenvalue weighted by atomic mass is 10.1. The van der Waals surface area contributed by atoms with Crippen molar-refractivity contribution in [2.45, 2.75) is 42.6 Å². The van der Waals surface area contributed by atoms with Crippen LogP contribution in [0.4, 0.5) is 0 Å². The van der Waals surface area contributed by atoms with E-state index in [2.05, 4.69) is 46.6 Å². The SMILES string of the molecule is CCCNC(C)c1ccc(Sc2nc(C)cs2)nc1. The summed E-state index contributed by atoms with van der Waals surface area (Å²) >= 11 is 3.29. The number of nitrogens with one attached hydrogen (secondary N) is 1. The van der Waals surface area contributed by atoms with Crippen molar-refractivity contribution < 1.29 is 0 Å². The number of aryl methyl sites for hydroxylation is 1. The second kappa shape index (κ2) is 7.03. The third-order valence-corrected chi connectivity index (χ3v) is 4.76. The smallest absolute Gasteiger partial charge is 0.156 e. The highest BCUT2D eigenvalue weighted by molar-refractivity contribution is 8.01. The molecule has 0 spiro atoms. The number of pyridine rings is 1. The number of rotatable bonds is 6. The van der Waals surface area contributed by atoms with Crippen molar-refractivity contribution in [1.82, 2.24) is 15.3 Å². The monoisotopic (exact) mass is 293 g/mol. The van der Waals surface area contributed by atoms with Gasteiger partial charge in [0.2, 0.25) is 0 Å². The summed E-state index contributed by atoms with van der Waals surface area (Å²) in [6.45, 7) is 7.39. The molecule has 0 aliphatic heterocycles. The molecule has 0 aliphatic carbocycles. The van der Waals surface area contributed by atoms with Gasteiger partial charge in [0.05, 0.1) is 0 Å². The Balaban J connectivity index is 1.98. The average Bonchev–Trinajstić information content (AvgIpc) is 2.82. The molecule has 1 unspecified atom stereocenters. The van der Waals surface area contributed by atoms with Gasteiger partial charge >= 0.3 is 0 Å². The molecule has 3 nitrogen and oxygen atoms in total. The first kappa shape index (κ1) is 14.5. The van der Waals surface area contributed by atoms with Crippen LogP contribution in [0.5, 0.6) is 0 Å². The highest BCUT2D eigenvalue weighted by atomic mass is 32.2. The summed E-state index contributed by atoms with van der Waals surface area (Å²) in [5.74, 6) is 0. The Bertz CT molecular complexity index is 508. The average molecular weight is 293 g/mol. The van der Waals surface area contributed by atoms with Crippen molar-refractivity contribution in [2.24, 2.45) is 0 Å². The largest absolute Gasteiger partial charge is 0.310 e. The van der Waals surface area contributed by atoms with Crippen LogP contribution in [0.3, 0.4) is 0 Å². The van der Waals surface area contributed by atoms with E-state index in [0.717, 1.165) is 28.0 Å². The van der Waals surface area contributed by atoms with Crippen LogP contribution in [-0.4, -0.2) is 16.5 Å². The summed E-state index contributed by atoms with van der Waals surface area (Å²) in [6.07, 6.45) is 3.10. The third kappa shape index (κ3) is 4.30. The fourth-order valence-electron chi connectivity index (χ4n) is 1.66. The van der Waals surface area contributed by atoms with Crippen LogP contribution in [0.15, 0.2) is 33.1 Å². The topological polar surface area (TPSA) is 37.8 Å². The normalized spacial score (nSPS) is 12.6. The molecular weight excluding hydrogens is 274 g/mol. The Kier molecular flexibility index (Phi) is 5.36. The summed E-state index contributed by atoms with van der Waals surface area (Å²) in [5, 5.41) is 6.53. The molecule has 102 valence electrons. The molecule has 1 atom stereocenters. The van der Waals surface area contributed by atoms with Crippen LogP contribution in [0.2, 0.25) is 0 Å². The first-order valence-electron chi connectivity index (χ1n) is 6.48. The fourth-order valence-corrected chi connectivity index (χ4v) is 3.38. The van der Waals surface area contributed by atoms with E-state index in [9.17, 15) is 0 Å². The second-order valence-corrected chi connectivity index (χ2v) is 6.59. The highest BCUT2D eigenvalue weighted by Crippen LogP contribution is 2.29. The van der Waals surface area contributed by atoms with Gasteiger partial charge in [-0.2, -0.15) is 0 Å². The van der Waals surface area contributed by atoms with Gasteiger partial charge in [0.15, 0.2) is 4.34 Å². The quantitative estimate of drug-likeness (QED) is 0.871. The molecule has 2 heterocycles. The molecule has 0 fully saturated rings. The van der Waals surface area contributed by atoms with Crippen LogP contribution in [0.1, 0.15) is 37.6 Å². The minimum atomic E-state index is 0.355. The third-order valence-electron chi connectivity index (χ3n) is 2.75. The number of nitrogens with zero attached hydrogens (tertiary/aromatic N) is 2. The standard InChI is InChI=1S/C14H19N3S2/c1-4-7-15-11(3)12-5-6-13(16-8-12)19-14-17-10(2)9-18-14/h5-6,8-9,11,15H,4,7H2,1-3H3. The van der Waals surface area contributed by atoms with Crippen LogP contribution >= 0.6 is 23.1 Å². The van der Waals surface area contributed by atoms with Gasteiger partial charge in [-0.15, -0.1) is 11.3 Å². The minimum absolute atomic E-state index is 0.355. The van der Waals surface area contributed by atoms with Crippen LogP contribution < -0.4 is 5.32 Å². The lowest BCUT2D eigenvalue weighted by Gasteiger charge is -2.13. The van der Waals surface area contributed by atoms with E-state index in [1.54, 1.807) is 23.1 Å². The zero-order chi connectivity index (χ0) is 13.7. The number of hydrogen-bond acceptors (Lipinski definition) is 5. The molecular formula is C14H19N3S2. The first-order valence-corrected chi connectivity index (χ1v) is 8.18. The first-order chi connectivity index (χ1) is 9.19. The van der Waals surface area contributed by atoms with Crippen molar-refractivity contribution in [3.05, 3.63) is 35.0 Å². The zero-order valence-electron chi connectivity index (χ0n) is 11.5. The minimum Gasteiger partial charge on any atom is -0.310 e. The van der Waals surface area contributed by atoms with Crippen molar-refractivity contribution in [1.29, 1.82) is 0 Å². The van der Waals surface area contributed by atoms with Gasteiger partial charge in [0, 0.05) is 23.3 Å². The van der Waals surface area contributed by atoms with Crippen molar-refractivity contribution in [3.8, 4) is 0 Å². The van der Waals surface area contributed by atoms with E-state index in [0.29, 0.717) is 6.04 Å². The molecule has 0 saturated heterocycles. The molecule has 0 amide bonds. The summed E-state index contributed by atoms with van der Waals surface area (Å²) < 4.78 is 1.05. The van der Waals surface area contributed by atoms with E-state index in [1.807, 2.05) is 13.1 Å². The Labute approximate surface area is 122 Å². The summed E-state index contributed by atoms with van der Waals surface area (Å²) in [4.78, 5) is 8.94. The number of thiazole rings is 1. The lowest BCUT2D eigenvalue weighted by Crippen LogP contribution is -2.19. The van der Waals surface area contributed by atoms with Gasteiger partial charge in [-0.25, -0.2) is 9.97 Å². The Hall–Kier alpha value is -0.910. The molecule has 19 heavy (non-hydrogen) atoms. The van der Waals surface area contributed by atoms with Gasteiger partial charge in [-0.1, -0.05) is 13.0 Å². The molecule has 5 heteroatoms. The van der Waals surface area contributed by atoms with E-state index < -0.39 is 0 Å². The van der Waals surface area contributed by atoms with E-state index in [4.69, 9.17) is 0 Å². The van der Waals surface area contributed by atoms with Gasteiger partial charge < -0.3 is 5.32 Å². The number of hydrogen-bond donors (Lipinski definition) is 1. The molecule has 0 saturated carbocycles. The molecule has 1 N–H and O–H groups in total. The second-order valence-electron chi connectivity index (χ2n) is 4.46. The summed E-state index contributed by atoms with van der Waals surface area (Å²) in [7, 11) is 0. The summed E-state index contributed by atoms with van der Waals surface area (Å²) in [6, 6.07) is 4.57. The van der Waals surface area contributed by atoms with Crippen molar-refractivity contribution in [3.63, 3.8) is 0 Å². The molecule has 0 aliphatic rings. The molecule has 0 bridgehead atoms. The van der Waals surface area contributed by atoms with Gasteiger partial charge in [-0.05, 0) is 50.2 Å². The summed E-state index contributed by atoms with van der Waals surface area (Å²) in [5.41, 5.74) is 2.30. The fraction of sp³-hybridized carbons (Fsp3) is 0.429. The van der Waals surface area contributed by atoms with Crippen molar-refractivity contribution in [2.75, 3.05) is 6.54 Å². The lowest BCUT2D eigenvalue weighted by molar-refractivity contribution is 0.568. The van der Waals surface area contributed by atoms with Gasteiger partial charge in [0.1, 0.15) is 5.03 Å². The Morgan fingerprint density at radius 1 is 1.42 bits per heavy atom. The molecule has 2 rings (SSSR count). The van der Waals surface area contributed by atoms with E-state index >= 15 is 0 Å². The zero-order valence-corrected chi connectivity index (χ0v) is 13.1. The van der Waals surface area contributed by atoms with Gasteiger partial charge in [0.25, 0.3) is 0 Å². The maximum atomic E-state index is 4.50. The molecule has 0 radical (unpaired) electrons. The van der Waals surface area contributed by atoms with Gasteiger partial charge in [-0.3, -0.25) is 0 Å². The molecule has 0 aromatic carbocycles. The highest BCUT2D eigenvalue weighted by Gasteiger charge is 2.06. The Morgan fingerprint density at radius 2 is 2.26 bits per heavy atom. The van der Waals surface area contributed by atoms with Crippen LogP contribution in [-0.2, 0) is 0 Å². The van der Waals surface area contributed by atoms with E-state index in [-0.39, 0.29) is 0 Å². The maximum absolute atomic E-state index is 4.50. The van der Waals surface area contributed by atoms with E-state index in [1.165, 1.54) is 5.56 Å². The van der Waals surface area contributed by atoms with Crippen molar-refractivity contribution >= 4 is 23.1 Å².